The summed E-state index contributed by atoms with van der Waals surface area (Å²) in [5.74, 6) is -1.97. The molecule has 1 heterocycles. The average molecular weight is 313 g/mol. The summed E-state index contributed by atoms with van der Waals surface area (Å²) in [6, 6.07) is 2.85. The molecule has 0 fully saturated rings. The quantitative estimate of drug-likeness (QED) is 0.881. The van der Waals surface area contributed by atoms with Crippen molar-refractivity contribution >= 4 is 34.2 Å². The molecule has 0 aliphatic heterocycles. The summed E-state index contributed by atoms with van der Waals surface area (Å²) in [6.07, 6.45) is 0. The van der Waals surface area contributed by atoms with E-state index in [2.05, 4.69) is 17.2 Å². The predicted molar refractivity (Wildman–Crippen MR) is 81.2 cm³/mol. The molecular weight excluding hydrogens is 300 g/mol. The highest BCUT2D eigenvalue weighted by molar-refractivity contribution is 7.80. The van der Waals surface area contributed by atoms with Gasteiger partial charge in [0.25, 0.3) is 0 Å². The summed E-state index contributed by atoms with van der Waals surface area (Å²) in [4.78, 5) is 5.73. The molecule has 2 aromatic rings. The number of anilines is 1. The molecule has 20 heavy (non-hydrogen) atoms. The summed E-state index contributed by atoms with van der Waals surface area (Å²) in [7, 11) is 1.67. The standard InChI is InChI=1S/C13H13F2N3S2/c1-7-17-8(6-20-7)5-18(2)10-4-3-9(13(16)19)11(14)12(10)15/h3-4,6H,5H2,1-2H3,(H2,16,19). The van der Waals surface area contributed by atoms with Crippen LogP contribution in [0.15, 0.2) is 17.5 Å². The summed E-state index contributed by atoms with van der Waals surface area (Å²) in [5, 5.41) is 2.83. The highest BCUT2D eigenvalue weighted by atomic mass is 32.1. The Labute approximate surface area is 125 Å². The van der Waals surface area contributed by atoms with E-state index in [-0.39, 0.29) is 16.2 Å². The van der Waals surface area contributed by atoms with Crippen LogP contribution in [0.1, 0.15) is 16.3 Å². The van der Waals surface area contributed by atoms with E-state index in [0.29, 0.717) is 6.54 Å². The third kappa shape index (κ3) is 2.94. The number of thiazole rings is 1. The van der Waals surface area contributed by atoms with Crippen LogP contribution < -0.4 is 10.6 Å². The number of hydrogen-bond acceptors (Lipinski definition) is 4. The molecule has 1 aromatic heterocycles. The van der Waals surface area contributed by atoms with E-state index in [1.165, 1.54) is 23.5 Å². The zero-order chi connectivity index (χ0) is 14.9. The first-order valence-electron chi connectivity index (χ1n) is 5.80. The number of rotatable bonds is 4. The van der Waals surface area contributed by atoms with Gasteiger partial charge in [-0.05, 0) is 19.1 Å². The summed E-state index contributed by atoms with van der Waals surface area (Å²) >= 11 is 6.19. The second-order valence-electron chi connectivity index (χ2n) is 4.34. The van der Waals surface area contributed by atoms with E-state index < -0.39 is 11.6 Å². The Hall–Kier alpha value is -1.60. The number of aromatic nitrogens is 1. The molecule has 0 radical (unpaired) electrons. The molecule has 106 valence electrons. The van der Waals surface area contributed by atoms with E-state index in [0.717, 1.165) is 10.7 Å². The molecule has 0 spiro atoms. The molecule has 0 amide bonds. The van der Waals surface area contributed by atoms with Gasteiger partial charge in [0.2, 0.25) is 0 Å². The molecule has 0 atom stereocenters. The first kappa shape index (κ1) is 14.8. The van der Waals surface area contributed by atoms with Crippen molar-refractivity contribution in [2.75, 3.05) is 11.9 Å². The normalized spacial score (nSPS) is 10.6. The van der Waals surface area contributed by atoms with Gasteiger partial charge in [-0.2, -0.15) is 0 Å². The second kappa shape index (κ2) is 5.80. The lowest BCUT2D eigenvalue weighted by Gasteiger charge is -2.19. The van der Waals surface area contributed by atoms with Crippen molar-refractivity contribution in [3.8, 4) is 0 Å². The predicted octanol–water partition coefficient (Wildman–Crippen LogP) is 3.00. The van der Waals surface area contributed by atoms with Crippen molar-refractivity contribution in [2.45, 2.75) is 13.5 Å². The molecule has 1 aromatic carbocycles. The lowest BCUT2D eigenvalue weighted by atomic mass is 10.1. The maximum absolute atomic E-state index is 14.0. The number of hydrogen-bond donors (Lipinski definition) is 1. The zero-order valence-corrected chi connectivity index (χ0v) is 12.6. The SMILES string of the molecule is Cc1nc(CN(C)c2ccc(C(N)=S)c(F)c2F)cs1. The Balaban J connectivity index is 2.28. The van der Waals surface area contributed by atoms with Crippen molar-refractivity contribution in [1.29, 1.82) is 0 Å². The van der Waals surface area contributed by atoms with Crippen molar-refractivity contribution in [2.24, 2.45) is 5.73 Å². The first-order valence-corrected chi connectivity index (χ1v) is 7.09. The van der Waals surface area contributed by atoms with Crippen LogP contribution in [0, 0.1) is 18.6 Å². The lowest BCUT2D eigenvalue weighted by Crippen LogP contribution is -2.20. The summed E-state index contributed by atoms with van der Waals surface area (Å²) < 4.78 is 27.9. The van der Waals surface area contributed by atoms with Crippen LogP contribution in [0.2, 0.25) is 0 Å². The van der Waals surface area contributed by atoms with Crippen molar-refractivity contribution in [1.82, 2.24) is 4.98 Å². The third-order valence-corrected chi connectivity index (χ3v) is 3.85. The minimum absolute atomic E-state index is 0.0841. The summed E-state index contributed by atoms with van der Waals surface area (Å²) in [5.41, 5.74) is 6.21. The number of nitrogens with two attached hydrogens (primary N) is 1. The number of thiocarbonyl (C=S) groups is 1. The van der Waals surface area contributed by atoms with Crippen LogP contribution in [-0.4, -0.2) is 17.0 Å². The van der Waals surface area contributed by atoms with E-state index in [4.69, 9.17) is 5.73 Å². The first-order chi connectivity index (χ1) is 9.40. The Morgan fingerprint density at radius 2 is 2.10 bits per heavy atom. The van der Waals surface area contributed by atoms with E-state index in [1.807, 2.05) is 12.3 Å². The molecule has 0 aliphatic carbocycles. The molecule has 7 heteroatoms. The van der Waals surface area contributed by atoms with Gasteiger partial charge in [0.1, 0.15) is 4.99 Å². The van der Waals surface area contributed by atoms with Crippen LogP contribution in [0.4, 0.5) is 14.5 Å². The van der Waals surface area contributed by atoms with Crippen LogP contribution in [-0.2, 0) is 6.54 Å². The Morgan fingerprint density at radius 3 is 2.65 bits per heavy atom. The molecular formula is C13H13F2N3S2. The van der Waals surface area contributed by atoms with Crippen LogP contribution >= 0.6 is 23.6 Å². The van der Waals surface area contributed by atoms with Gasteiger partial charge in [-0.3, -0.25) is 0 Å². The van der Waals surface area contributed by atoms with Crippen LogP contribution in [0.3, 0.4) is 0 Å². The topological polar surface area (TPSA) is 42.2 Å². The summed E-state index contributed by atoms with van der Waals surface area (Å²) in [6.45, 7) is 2.29. The van der Waals surface area contributed by atoms with Crippen LogP contribution in [0.25, 0.3) is 0 Å². The van der Waals surface area contributed by atoms with Gasteiger partial charge in [-0.25, -0.2) is 13.8 Å². The van der Waals surface area contributed by atoms with Gasteiger partial charge >= 0.3 is 0 Å². The molecule has 0 aliphatic rings. The Kier molecular flexibility index (Phi) is 4.29. The number of halogens is 2. The number of benzene rings is 1. The highest BCUT2D eigenvalue weighted by Crippen LogP contribution is 2.25. The molecule has 3 nitrogen and oxygen atoms in total. The minimum Gasteiger partial charge on any atom is -0.389 e. The Bertz CT molecular complexity index is 655. The van der Waals surface area contributed by atoms with E-state index in [1.54, 1.807) is 11.9 Å². The maximum Gasteiger partial charge on any atom is 0.182 e. The maximum atomic E-state index is 14.0. The highest BCUT2D eigenvalue weighted by Gasteiger charge is 2.18. The van der Waals surface area contributed by atoms with Gasteiger partial charge in [-0.15, -0.1) is 11.3 Å². The third-order valence-electron chi connectivity index (χ3n) is 2.80. The molecule has 0 saturated carbocycles. The average Bonchev–Trinajstić information content (AvgIpc) is 2.77. The molecule has 0 saturated heterocycles. The van der Waals surface area contributed by atoms with Crippen molar-refractivity contribution < 1.29 is 8.78 Å². The van der Waals surface area contributed by atoms with Gasteiger partial charge in [0, 0.05) is 18.0 Å². The second-order valence-corrected chi connectivity index (χ2v) is 5.84. The van der Waals surface area contributed by atoms with E-state index >= 15 is 0 Å². The molecule has 2 rings (SSSR count). The largest absolute Gasteiger partial charge is 0.389 e. The monoisotopic (exact) mass is 313 g/mol. The lowest BCUT2D eigenvalue weighted by molar-refractivity contribution is 0.506. The van der Waals surface area contributed by atoms with Gasteiger partial charge in [0.15, 0.2) is 11.6 Å². The smallest absolute Gasteiger partial charge is 0.182 e. The van der Waals surface area contributed by atoms with Crippen molar-refractivity contribution in [3.63, 3.8) is 0 Å². The molecule has 0 unspecified atom stereocenters. The fourth-order valence-electron chi connectivity index (χ4n) is 1.83. The van der Waals surface area contributed by atoms with Crippen LogP contribution in [0.5, 0.6) is 0 Å². The van der Waals surface area contributed by atoms with Crippen molar-refractivity contribution in [3.05, 3.63) is 45.4 Å². The molecule has 0 bridgehead atoms. The fourth-order valence-corrected chi connectivity index (χ4v) is 2.59. The zero-order valence-electron chi connectivity index (χ0n) is 11.0. The number of aryl methyl sites for hydroxylation is 1. The van der Waals surface area contributed by atoms with E-state index in [9.17, 15) is 8.78 Å². The minimum atomic E-state index is -1.02. The number of nitrogens with zero attached hydrogens (tertiary/aromatic N) is 2. The Morgan fingerprint density at radius 1 is 1.40 bits per heavy atom. The van der Waals surface area contributed by atoms with Gasteiger partial charge in [0.05, 0.1) is 22.9 Å². The fraction of sp³-hybridized carbons (Fsp3) is 0.231. The van der Waals surface area contributed by atoms with Gasteiger partial charge < -0.3 is 10.6 Å². The van der Waals surface area contributed by atoms with Gasteiger partial charge in [-0.1, -0.05) is 12.2 Å². The molecule has 2 N–H and O–H groups in total.